The molecule has 120 valence electrons. The number of Topliss-reactive ketones (excluding diaryl/α,β-unsaturated/α-hetero) is 1. The highest BCUT2D eigenvalue weighted by Crippen LogP contribution is 2.24. The molecule has 0 spiro atoms. The number of carbonyl (C=O) groups is 3. The first-order chi connectivity index (χ1) is 11.0. The van der Waals surface area contributed by atoms with Crippen molar-refractivity contribution in [1.29, 1.82) is 0 Å². The maximum atomic E-state index is 12.6. The van der Waals surface area contributed by atoms with Crippen LogP contribution in [0.4, 0.5) is 0 Å². The second-order valence-electron chi connectivity index (χ2n) is 5.50. The van der Waals surface area contributed by atoms with E-state index >= 15 is 0 Å². The maximum absolute atomic E-state index is 12.6. The van der Waals surface area contributed by atoms with Crippen molar-refractivity contribution in [1.82, 2.24) is 19.8 Å². The van der Waals surface area contributed by atoms with Crippen LogP contribution in [-0.2, 0) is 9.59 Å². The summed E-state index contributed by atoms with van der Waals surface area (Å²) in [4.78, 5) is 45.8. The van der Waals surface area contributed by atoms with Crippen molar-refractivity contribution in [2.24, 2.45) is 0 Å². The summed E-state index contributed by atoms with van der Waals surface area (Å²) < 4.78 is 0. The molecule has 2 aromatic heterocycles. The molecule has 1 fully saturated rings. The number of H-pyrrole nitrogens is 1. The number of ketones is 1. The number of nitrogens with one attached hydrogen (secondary N) is 1. The molecule has 23 heavy (non-hydrogen) atoms. The van der Waals surface area contributed by atoms with E-state index in [0.29, 0.717) is 30.5 Å². The summed E-state index contributed by atoms with van der Waals surface area (Å²) in [6, 6.07) is 1.44. The summed E-state index contributed by atoms with van der Waals surface area (Å²) in [5, 5.41) is 0.824. The molecule has 3 heterocycles. The summed E-state index contributed by atoms with van der Waals surface area (Å²) in [7, 11) is 0. The monoisotopic (exact) mass is 334 g/mol. The molecule has 0 saturated carbocycles. The van der Waals surface area contributed by atoms with E-state index in [0.717, 1.165) is 6.41 Å². The van der Waals surface area contributed by atoms with E-state index in [1.165, 1.54) is 17.3 Å². The van der Waals surface area contributed by atoms with Gasteiger partial charge in [-0.15, -0.1) is 0 Å². The lowest BCUT2D eigenvalue weighted by Crippen LogP contribution is -2.55. The standard InChI is InChI=1S/C15H15ClN4O3/c1-9-7-19(8-21)4-5-20(9)15(23)13(22)11-6-18-12-10(11)2-3-17-14(12)16/h2-3,6,8-9,18H,4-5,7H2,1H3/t9-/m1/s1. The molecular formula is C15H15ClN4O3. The van der Waals surface area contributed by atoms with E-state index in [1.807, 2.05) is 6.92 Å². The highest BCUT2D eigenvalue weighted by atomic mass is 35.5. The minimum Gasteiger partial charge on any atom is -0.358 e. The van der Waals surface area contributed by atoms with Gasteiger partial charge < -0.3 is 14.8 Å². The zero-order valence-electron chi connectivity index (χ0n) is 12.5. The normalized spacial score (nSPS) is 18.3. The number of aromatic nitrogens is 2. The Morgan fingerprint density at radius 1 is 1.43 bits per heavy atom. The Bertz CT molecular complexity index is 788. The average molecular weight is 335 g/mol. The van der Waals surface area contributed by atoms with Crippen molar-refractivity contribution >= 4 is 40.6 Å². The van der Waals surface area contributed by atoms with E-state index in [2.05, 4.69) is 9.97 Å². The van der Waals surface area contributed by atoms with Crippen molar-refractivity contribution in [3.05, 3.63) is 29.2 Å². The van der Waals surface area contributed by atoms with Crippen molar-refractivity contribution in [2.75, 3.05) is 19.6 Å². The minimum atomic E-state index is -0.593. The summed E-state index contributed by atoms with van der Waals surface area (Å²) in [5.41, 5.74) is 0.809. The Morgan fingerprint density at radius 2 is 2.22 bits per heavy atom. The van der Waals surface area contributed by atoms with Gasteiger partial charge in [0.2, 0.25) is 6.41 Å². The second-order valence-corrected chi connectivity index (χ2v) is 5.86. The van der Waals surface area contributed by atoms with Gasteiger partial charge in [-0.1, -0.05) is 11.6 Å². The van der Waals surface area contributed by atoms with Gasteiger partial charge in [0.15, 0.2) is 5.15 Å². The van der Waals surface area contributed by atoms with Crippen molar-refractivity contribution < 1.29 is 14.4 Å². The third-order valence-electron chi connectivity index (χ3n) is 4.06. The molecule has 0 bridgehead atoms. The fraction of sp³-hybridized carbons (Fsp3) is 0.333. The van der Waals surface area contributed by atoms with E-state index in [1.54, 1.807) is 11.0 Å². The fourth-order valence-corrected chi connectivity index (χ4v) is 3.05. The number of fused-ring (bicyclic) bond motifs is 1. The van der Waals surface area contributed by atoms with Crippen molar-refractivity contribution in [2.45, 2.75) is 13.0 Å². The Labute approximate surface area is 137 Å². The molecule has 1 aliphatic rings. The van der Waals surface area contributed by atoms with Crippen LogP contribution in [0.3, 0.4) is 0 Å². The number of amides is 2. The molecule has 0 aliphatic carbocycles. The van der Waals surface area contributed by atoms with Crippen LogP contribution in [0.25, 0.3) is 10.9 Å². The van der Waals surface area contributed by atoms with E-state index < -0.39 is 11.7 Å². The Balaban J connectivity index is 1.86. The van der Waals surface area contributed by atoms with Crippen LogP contribution < -0.4 is 0 Å². The zero-order chi connectivity index (χ0) is 16.6. The molecule has 0 unspecified atom stereocenters. The molecule has 0 radical (unpaired) electrons. The van der Waals surface area contributed by atoms with Gasteiger partial charge in [0.05, 0.1) is 11.1 Å². The maximum Gasteiger partial charge on any atom is 0.295 e. The van der Waals surface area contributed by atoms with Gasteiger partial charge in [-0.3, -0.25) is 14.4 Å². The van der Waals surface area contributed by atoms with Crippen LogP contribution >= 0.6 is 11.6 Å². The number of hydrogen-bond acceptors (Lipinski definition) is 4. The smallest absolute Gasteiger partial charge is 0.295 e. The van der Waals surface area contributed by atoms with Crippen LogP contribution in [0.2, 0.25) is 5.15 Å². The van der Waals surface area contributed by atoms with Gasteiger partial charge in [-0.25, -0.2) is 4.98 Å². The summed E-state index contributed by atoms with van der Waals surface area (Å²) in [5.74, 6) is -1.16. The molecule has 2 aromatic rings. The van der Waals surface area contributed by atoms with Crippen LogP contribution in [0.5, 0.6) is 0 Å². The number of rotatable bonds is 3. The first kappa shape index (κ1) is 15.5. The predicted molar refractivity (Wildman–Crippen MR) is 84.2 cm³/mol. The molecule has 2 amide bonds. The molecule has 1 N–H and O–H groups in total. The molecule has 0 aromatic carbocycles. The van der Waals surface area contributed by atoms with Gasteiger partial charge in [0.25, 0.3) is 11.7 Å². The Hall–Kier alpha value is -2.41. The predicted octanol–water partition coefficient (Wildman–Crippen LogP) is 1.09. The lowest BCUT2D eigenvalue weighted by Gasteiger charge is -2.37. The van der Waals surface area contributed by atoms with E-state index in [9.17, 15) is 14.4 Å². The van der Waals surface area contributed by atoms with Crippen LogP contribution in [0.15, 0.2) is 18.5 Å². The van der Waals surface area contributed by atoms with Crippen LogP contribution in [0, 0.1) is 0 Å². The summed E-state index contributed by atoms with van der Waals surface area (Å²) >= 11 is 5.97. The highest BCUT2D eigenvalue weighted by Gasteiger charge is 2.32. The first-order valence-electron chi connectivity index (χ1n) is 7.19. The topological polar surface area (TPSA) is 86.4 Å². The zero-order valence-corrected chi connectivity index (χ0v) is 13.2. The molecular weight excluding hydrogens is 320 g/mol. The van der Waals surface area contributed by atoms with Gasteiger partial charge in [0.1, 0.15) is 0 Å². The molecule has 1 aliphatic heterocycles. The molecule has 8 heteroatoms. The summed E-state index contributed by atoms with van der Waals surface area (Å²) in [6.07, 6.45) is 3.73. The van der Waals surface area contributed by atoms with Crippen molar-refractivity contribution in [3.63, 3.8) is 0 Å². The number of piperazine rings is 1. The van der Waals surface area contributed by atoms with Gasteiger partial charge in [-0.05, 0) is 13.0 Å². The molecule has 1 atom stereocenters. The number of carbonyl (C=O) groups excluding carboxylic acids is 3. The third-order valence-corrected chi connectivity index (χ3v) is 4.35. The lowest BCUT2D eigenvalue weighted by molar-refractivity contribution is -0.134. The SMILES string of the molecule is C[C@@H]1CN(C=O)CCN1C(=O)C(=O)c1c[nH]c2c(Cl)nccc12. The highest BCUT2D eigenvalue weighted by molar-refractivity contribution is 6.45. The van der Waals surface area contributed by atoms with E-state index in [4.69, 9.17) is 11.6 Å². The van der Waals surface area contributed by atoms with Gasteiger partial charge in [0, 0.05) is 43.5 Å². The fourth-order valence-electron chi connectivity index (χ4n) is 2.84. The number of pyridine rings is 1. The number of nitrogens with zero attached hydrogens (tertiary/aromatic N) is 3. The number of hydrogen-bond donors (Lipinski definition) is 1. The van der Waals surface area contributed by atoms with E-state index in [-0.39, 0.29) is 16.8 Å². The Kier molecular flexibility index (Phi) is 4.04. The molecule has 7 nitrogen and oxygen atoms in total. The number of aromatic amines is 1. The molecule has 1 saturated heterocycles. The average Bonchev–Trinajstić information content (AvgIpc) is 2.98. The second kappa shape index (κ2) is 6.00. The van der Waals surface area contributed by atoms with Crippen LogP contribution in [0.1, 0.15) is 17.3 Å². The first-order valence-corrected chi connectivity index (χ1v) is 7.57. The largest absolute Gasteiger partial charge is 0.358 e. The third kappa shape index (κ3) is 2.68. The van der Waals surface area contributed by atoms with Gasteiger partial charge in [-0.2, -0.15) is 0 Å². The minimum absolute atomic E-state index is 0.208. The molecule has 3 rings (SSSR count). The number of halogens is 1. The Morgan fingerprint density at radius 3 is 2.91 bits per heavy atom. The summed E-state index contributed by atoms with van der Waals surface area (Å²) in [6.45, 7) is 3.01. The van der Waals surface area contributed by atoms with Crippen LogP contribution in [-0.4, -0.2) is 63.5 Å². The lowest BCUT2D eigenvalue weighted by atomic mass is 10.1. The quantitative estimate of drug-likeness (QED) is 0.394. The van der Waals surface area contributed by atoms with Crippen molar-refractivity contribution in [3.8, 4) is 0 Å². The van der Waals surface area contributed by atoms with Gasteiger partial charge >= 0.3 is 0 Å².